The predicted molar refractivity (Wildman–Crippen MR) is 73.6 cm³/mol. The second kappa shape index (κ2) is 6.16. The van der Waals surface area contributed by atoms with Gasteiger partial charge in [-0.1, -0.05) is 6.07 Å². The Morgan fingerprint density at radius 2 is 2.06 bits per heavy atom. The number of nitrogens with zero attached hydrogens (tertiary/aromatic N) is 2. The molecule has 0 aromatic carbocycles. The van der Waals surface area contributed by atoms with E-state index in [4.69, 9.17) is 5.73 Å². The lowest BCUT2D eigenvalue weighted by Crippen LogP contribution is -2.40. The maximum atomic E-state index is 11.6. The molecule has 4 nitrogen and oxygen atoms in total. The van der Waals surface area contributed by atoms with Crippen molar-refractivity contribution in [2.24, 2.45) is 5.73 Å². The van der Waals surface area contributed by atoms with E-state index in [1.54, 1.807) is 16.7 Å². The van der Waals surface area contributed by atoms with Gasteiger partial charge in [-0.05, 0) is 38.8 Å². The fraction of sp³-hybridized carbons (Fsp3) is 0.643. The zero-order chi connectivity index (χ0) is 13.0. The molecule has 1 aromatic heterocycles. The standard InChI is InChI=1S/C14H23N3O/c1-16(13-7-5-12(15)6-8-13)10-11-17-9-3-2-4-14(17)18/h2-4,9,12-13H,5-8,10-11,15H2,1H3. The summed E-state index contributed by atoms with van der Waals surface area (Å²) in [6.45, 7) is 1.68. The van der Waals surface area contributed by atoms with Gasteiger partial charge in [-0.3, -0.25) is 4.79 Å². The Bertz CT molecular complexity index is 421. The van der Waals surface area contributed by atoms with Crippen molar-refractivity contribution in [1.82, 2.24) is 9.47 Å². The molecule has 0 bridgehead atoms. The smallest absolute Gasteiger partial charge is 0.250 e. The molecule has 1 saturated carbocycles. The topological polar surface area (TPSA) is 51.3 Å². The van der Waals surface area contributed by atoms with Crippen molar-refractivity contribution >= 4 is 0 Å². The maximum absolute atomic E-state index is 11.6. The predicted octanol–water partition coefficient (Wildman–Crippen LogP) is 1.05. The van der Waals surface area contributed by atoms with Crippen LogP contribution >= 0.6 is 0 Å². The number of nitrogens with two attached hydrogens (primary N) is 1. The van der Waals surface area contributed by atoms with Crippen LogP contribution in [0.3, 0.4) is 0 Å². The van der Waals surface area contributed by atoms with Gasteiger partial charge in [0.15, 0.2) is 0 Å². The summed E-state index contributed by atoms with van der Waals surface area (Å²) in [5, 5.41) is 0. The largest absolute Gasteiger partial charge is 0.328 e. The molecule has 0 radical (unpaired) electrons. The van der Waals surface area contributed by atoms with Gasteiger partial charge >= 0.3 is 0 Å². The van der Waals surface area contributed by atoms with Gasteiger partial charge in [0.25, 0.3) is 5.56 Å². The highest BCUT2D eigenvalue weighted by Crippen LogP contribution is 2.20. The zero-order valence-corrected chi connectivity index (χ0v) is 11.1. The molecule has 0 unspecified atom stereocenters. The normalized spacial score (nSPS) is 24.4. The first kappa shape index (κ1) is 13.3. The maximum Gasteiger partial charge on any atom is 0.250 e. The first-order chi connectivity index (χ1) is 8.66. The number of aromatic nitrogens is 1. The van der Waals surface area contributed by atoms with Gasteiger partial charge in [-0.15, -0.1) is 0 Å². The Balaban J connectivity index is 1.83. The SMILES string of the molecule is CN(CCn1ccccc1=O)C1CCC(N)CC1. The molecule has 1 aliphatic carbocycles. The third kappa shape index (κ3) is 3.43. The molecule has 0 spiro atoms. The summed E-state index contributed by atoms with van der Waals surface area (Å²) in [5.74, 6) is 0. The van der Waals surface area contributed by atoms with E-state index in [2.05, 4.69) is 11.9 Å². The molecular formula is C14H23N3O. The van der Waals surface area contributed by atoms with Crippen LogP contribution in [-0.4, -0.2) is 35.1 Å². The zero-order valence-electron chi connectivity index (χ0n) is 11.1. The third-order valence-corrected chi connectivity index (χ3v) is 3.96. The quantitative estimate of drug-likeness (QED) is 0.868. The van der Waals surface area contributed by atoms with E-state index in [1.165, 1.54) is 12.8 Å². The first-order valence-electron chi connectivity index (χ1n) is 6.78. The molecule has 100 valence electrons. The molecule has 1 aromatic rings. The molecule has 1 fully saturated rings. The van der Waals surface area contributed by atoms with Gasteiger partial charge in [0, 0.05) is 37.4 Å². The summed E-state index contributed by atoms with van der Waals surface area (Å²) in [5.41, 5.74) is 6.00. The Labute approximate surface area is 108 Å². The Hall–Kier alpha value is -1.13. The number of rotatable bonds is 4. The lowest BCUT2D eigenvalue weighted by molar-refractivity contribution is 0.177. The third-order valence-electron chi connectivity index (χ3n) is 3.96. The molecule has 0 saturated heterocycles. The highest BCUT2D eigenvalue weighted by molar-refractivity contribution is 4.93. The molecule has 18 heavy (non-hydrogen) atoms. The van der Waals surface area contributed by atoms with E-state index in [9.17, 15) is 4.79 Å². The van der Waals surface area contributed by atoms with Crippen LogP contribution < -0.4 is 11.3 Å². The fourth-order valence-electron chi connectivity index (χ4n) is 2.64. The summed E-state index contributed by atoms with van der Waals surface area (Å²) in [6, 6.07) is 6.32. The molecule has 2 N–H and O–H groups in total. The minimum atomic E-state index is 0.0802. The number of hydrogen-bond donors (Lipinski definition) is 1. The number of pyridine rings is 1. The van der Waals surface area contributed by atoms with Gasteiger partial charge in [0.2, 0.25) is 0 Å². The van der Waals surface area contributed by atoms with E-state index in [-0.39, 0.29) is 5.56 Å². The number of likely N-dealkylation sites (N-methyl/N-ethyl adjacent to an activating group) is 1. The summed E-state index contributed by atoms with van der Waals surface area (Å²) < 4.78 is 1.77. The van der Waals surface area contributed by atoms with Crippen LogP contribution in [0.4, 0.5) is 0 Å². The van der Waals surface area contributed by atoms with Gasteiger partial charge in [0.05, 0.1) is 0 Å². The molecule has 0 atom stereocenters. The molecule has 0 amide bonds. The van der Waals surface area contributed by atoms with E-state index < -0.39 is 0 Å². The lowest BCUT2D eigenvalue weighted by Gasteiger charge is -2.33. The van der Waals surface area contributed by atoms with Crippen LogP contribution in [-0.2, 0) is 6.54 Å². The summed E-state index contributed by atoms with van der Waals surface area (Å²) >= 11 is 0. The summed E-state index contributed by atoms with van der Waals surface area (Å²) in [7, 11) is 2.15. The van der Waals surface area contributed by atoms with E-state index in [0.717, 1.165) is 25.9 Å². The average Bonchev–Trinajstić information content (AvgIpc) is 2.38. The van der Waals surface area contributed by atoms with Crippen LogP contribution in [0.5, 0.6) is 0 Å². The molecule has 2 rings (SSSR count). The van der Waals surface area contributed by atoms with Gasteiger partial charge in [-0.25, -0.2) is 0 Å². The molecule has 0 aliphatic heterocycles. The van der Waals surface area contributed by atoms with E-state index in [1.807, 2.05) is 12.3 Å². The van der Waals surface area contributed by atoms with Gasteiger partial charge in [0.1, 0.15) is 0 Å². The van der Waals surface area contributed by atoms with Crippen LogP contribution in [0.1, 0.15) is 25.7 Å². The summed E-state index contributed by atoms with van der Waals surface area (Å²) in [6.07, 6.45) is 6.47. The number of hydrogen-bond acceptors (Lipinski definition) is 3. The minimum Gasteiger partial charge on any atom is -0.328 e. The van der Waals surface area contributed by atoms with Crippen LogP contribution in [0.25, 0.3) is 0 Å². The van der Waals surface area contributed by atoms with Crippen molar-refractivity contribution in [2.45, 2.75) is 44.3 Å². The molecular weight excluding hydrogens is 226 g/mol. The van der Waals surface area contributed by atoms with Crippen LogP contribution in [0.15, 0.2) is 29.2 Å². The van der Waals surface area contributed by atoms with Gasteiger partial charge < -0.3 is 15.2 Å². The molecule has 4 heteroatoms. The Morgan fingerprint density at radius 3 is 2.72 bits per heavy atom. The van der Waals surface area contributed by atoms with E-state index in [0.29, 0.717) is 12.1 Å². The van der Waals surface area contributed by atoms with Crippen molar-refractivity contribution in [3.63, 3.8) is 0 Å². The minimum absolute atomic E-state index is 0.0802. The Morgan fingerprint density at radius 1 is 1.33 bits per heavy atom. The lowest BCUT2D eigenvalue weighted by atomic mass is 9.91. The first-order valence-corrected chi connectivity index (χ1v) is 6.78. The van der Waals surface area contributed by atoms with Crippen molar-refractivity contribution < 1.29 is 0 Å². The van der Waals surface area contributed by atoms with Crippen LogP contribution in [0.2, 0.25) is 0 Å². The van der Waals surface area contributed by atoms with Crippen molar-refractivity contribution in [1.29, 1.82) is 0 Å². The Kier molecular flexibility index (Phi) is 4.55. The average molecular weight is 249 g/mol. The van der Waals surface area contributed by atoms with Gasteiger partial charge in [-0.2, -0.15) is 0 Å². The van der Waals surface area contributed by atoms with Crippen molar-refractivity contribution in [3.05, 3.63) is 34.7 Å². The fourth-order valence-corrected chi connectivity index (χ4v) is 2.64. The van der Waals surface area contributed by atoms with E-state index >= 15 is 0 Å². The second-order valence-corrected chi connectivity index (χ2v) is 5.28. The van der Waals surface area contributed by atoms with Crippen molar-refractivity contribution in [3.8, 4) is 0 Å². The monoisotopic (exact) mass is 249 g/mol. The second-order valence-electron chi connectivity index (χ2n) is 5.28. The highest BCUT2D eigenvalue weighted by atomic mass is 16.1. The molecule has 1 aliphatic rings. The van der Waals surface area contributed by atoms with Crippen molar-refractivity contribution in [2.75, 3.05) is 13.6 Å². The van der Waals surface area contributed by atoms with Crippen LogP contribution in [0, 0.1) is 0 Å². The highest BCUT2D eigenvalue weighted by Gasteiger charge is 2.21. The molecule has 1 heterocycles. The summed E-state index contributed by atoms with van der Waals surface area (Å²) in [4.78, 5) is 13.9.